The van der Waals surface area contributed by atoms with Crippen molar-refractivity contribution in [1.29, 1.82) is 0 Å². The molecule has 1 aromatic heterocycles. The Kier molecular flexibility index (Phi) is 7.07. The number of rotatable bonds is 7. The van der Waals surface area contributed by atoms with Crippen LogP contribution in [0, 0.1) is 0 Å². The van der Waals surface area contributed by atoms with Gasteiger partial charge in [0.25, 0.3) is 5.56 Å². The van der Waals surface area contributed by atoms with Crippen LogP contribution in [0.1, 0.15) is 24.5 Å². The number of aromatic nitrogens is 2. The van der Waals surface area contributed by atoms with Gasteiger partial charge < -0.3 is 19.1 Å². The molecule has 0 saturated carbocycles. The Morgan fingerprint density at radius 3 is 2.47 bits per heavy atom. The summed E-state index contributed by atoms with van der Waals surface area (Å²) < 4.78 is 57.2. The average molecular weight is 455 g/mol. The Balaban J connectivity index is 2.05. The van der Waals surface area contributed by atoms with Crippen LogP contribution in [0.4, 0.5) is 19.0 Å². The molecular formula is C21H24F3N3O5. The summed E-state index contributed by atoms with van der Waals surface area (Å²) in [5.41, 5.74) is -2.07. The van der Waals surface area contributed by atoms with Crippen molar-refractivity contribution in [1.82, 2.24) is 9.78 Å². The monoisotopic (exact) mass is 455 g/mol. The molecule has 0 bridgehead atoms. The quantitative estimate of drug-likeness (QED) is 0.593. The Labute approximate surface area is 182 Å². The number of ether oxygens (including phenoxy) is 3. The van der Waals surface area contributed by atoms with Crippen molar-refractivity contribution in [2.75, 3.05) is 32.3 Å². The van der Waals surface area contributed by atoms with Gasteiger partial charge in [0.2, 0.25) is 0 Å². The minimum atomic E-state index is -4.89. The molecule has 1 aromatic carbocycles. The third-order valence-electron chi connectivity index (χ3n) is 5.19. The van der Waals surface area contributed by atoms with E-state index in [0.29, 0.717) is 24.0 Å². The number of carbonyl (C=O) groups is 1. The number of alkyl halides is 3. The normalized spacial score (nSPS) is 18.6. The van der Waals surface area contributed by atoms with Gasteiger partial charge in [-0.05, 0) is 24.6 Å². The van der Waals surface area contributed by atoms with Gasteiger partial charge in [-0.25, -0.2) is 9.48 Å². The van der Waals surface area contributed by atoms with Crippen LogP contribution in [0.5, 0.6) is 5.75 Å². The molecule has 0 aliphatic carbocycles. The van der Waals surface area contributed by atoms with E-state index in [2.05, 4.69) is 5.10 Å². The maximum absolute atomic E-state index is 13.7. The lowest BCUT2D eigenvalue weighted by atomic mass is 10.2. The van der Waals surface area contributed by atoms with E-state index in [1.54, 1.807) is 31.2 Å². The predicted molar refractivity (Wildman–Crippen MR) is 109 cm³/mol. The minimum absolute atomic E-state index is 0.138. The standard InChI is InChI=1S/C21H24F3N3O5/c1-4-32-15-9-17(20(29)31-3)26(12-15)18-10-16(21(22,23)24)19(28)27(25-18)11-13-5-7-14(30-2)8-6-13/h5-8,10,15,17H,4,9,11-12H2,1-3H3/t15-,17+/m1/s1. The molecule has 1 aliphatic rings. The number of benzene rings is 1. The van der Waals surface area contributed by atoms with Gasteiger partial charge in [0, 0.05) is 25.6 Å². The van der Waals surface area contributed by atoms with E-state index >= 15 is 0 Å². The first-order valence-corrected chi connectivity index (χ1v) is 9.96. The summed E-state index contributed by atoms with van der Waals surface area (Å²) in [5, 5.41) is 4.16. The lowest BCUT2D eigenvalue weighted by Gasteiger charge is -2.25. The minimum Gasteiger partial charge on any atom is -0.497 e. The third-order valence-corrected chi connectivity index (χ3v) is 5.19. The first-order valence-electron chi connectivity index (χ1n) is 9.96. The smallest absolute Gasteiger partial charge is 0.421 e. The molecule has 32 heavy (non-hydrogen) atoms. The lowest BCUT2D eigenvalue weighted by molar-refractivity contribution is -0.142. The van der Waals surface area contributed by atoms with Crippen LogP contribution in [0.2, 0.25) is 0 Å². The van der Waals surface area contributed by atoms with E-state index < -0.39 is 29.3 Å². The van der Waals surface area contributed by atoms with Crippen molar-refractivity contribution < 1.29 is 32.2 Å². The van der Waals surface area contributed by atoms with Crippen LogP contribution in [0.25, 0.3) is 0 Å². The molecule has 0 unspecified atom stereocenters. The van der Waals surface area contributed by atoms with Crippen molar-refractivity contribution in [3.8, 4) is 5.75 Å². The van der Waals surface area contributed by atoms with E-state index in [9.17, 15) is 22.8 Å². The second kappa shape index (κ2) is 9.60. The van der Waals surface area contributed by atoms with Crippen LogP contribution in [0.15, 0.2) is 35.1 Å². The number of anilines is 1. The van der Waals surface area contributed by atoms with Crippen LogP contribution in [-0.4, -0.2) is 55.3 Å². The number of nitrogens with zero attached hydrogens (tertiary/aromatic N) is 3. The summed E-state index contributed by atoms with van der Waals surface area (Å²) in [4.78, 5) is 26.2. The van der Waals surface area contributed by atoms with Gasteiger partial charge in [0.1, 0.15) is 17.4 Å². The van der Waals surface area contributed by atoms with Crippen LogP contribution in [0.3, 0.4) is 0 Å². The van der Waals surface area contributed by atoms with Gasteiger partial charge in [0.15, 0.2) is 5.82 Å². The maximum atomic E-state index is 13.7. The van der Waals surface area contributed by atoms with Crippen LogP contribution >= 0.6 is 0 Å². The first-order chi connectivity index (χ1) is 15.2. The summed E-state index contributed by atoms with van der Waals surface area (Å²) >= 11 is 0. The molecule has 0 amide bonds. The largest absolute Gasteiger partial charge is 0.497 e. The van der Waals surface area contributed by atoms with Crippen molar-refractivity contribution >= 4 is 11.8 Å². The summed E-state index contributed by atoms with van der Waals surface area (Å²) in [6, 6.07) is 6.33. The van der Waals surface area contributed by atoms with Gasteiger partial charge in [-0.15, -0.1) is 0 Å². The second-order valence-corrected chi connectivity index (χ2v) is 7.23. The fraction of sp³-hybridized carbons (Fsp3) is 0.476. The molecule has 2 heterocycles. The third kappa shape index (κ3) is 5.04. The molecular weight excluding hydrogens is 431 g/mol. The molecule has 2 aromatic rings. The Bertz CT molecular complexity index is 1010. The molecule has 174 valence electrons. The lowest BCUT2D eigenvalue weighted by Crippen LogP contribution is -2.40. The Morgan fingerprint density at radius 1 is 1.22 bits per heavy atom. The SMILES string of the molecule is CCO[C@@H]1C[C@@H](C(=O)OC)N(c2cc(C(F)(F)F)c(=O)n(Cc3ccc(OC)cc3)n2)C1. The first kappa shape index (κ1) is 23.6. The van der Waals surface area contributed by atoms with Gasteiger partial charge in [-0.3, -0.25) is 4.79 Å². The summed E-state index contributed by atoms with van der Waals surface area (Å²) in [7, 11) is 2.69. The average Bonchev–Trinajstić information content (AvgIpc) is 3.18. The molecule has 0 spiro atoms. The van der Waals surface area contributed by atoms with Crippen molar-refractivity contribution in [3.63, 3.8) is 0 Å². The molecule has 8 nitrogen and oxygen atoms in total. The Hall–Kier alpha value is -3.08. The van der Waals surface area contributed by atoms with Crippen molar-refractivity contribution in [2.45, 2.75) is 38.2 Å². The zero-order chi connectivity index (χ0) is 23.5. The molecule has 1 fully saturated rings. The highest BCUT2D eigenvalue weighted by Gasteiger charge is 2.41. The van der Waals surface area contributed by atoms with E-state index in [1.165, 1.54) is 19.1 Å². The molecule has 3 rings (SSSR count). The van der Waals surface area contributed by atoms with Gasteiger partial charge in [-0.1, -0.05) is 12.1 Å². The van der Waals surface area contributed by atoms with E-state index in [1.807, 2.05) is 0 Å². The molecule has 11 heteroatoms. The summed E-state index contributed by atoms with van der Waals surface area (Å²) in [5.74, 6) is -0.197. The van der Waals surface area contributed by atoms with Gasteiger partial charge in [0.05, 0.1) is 26.9 Å². The summed E-state index contributed by atoms with van der Waals surface area (Å²) in [6.45, 7) is 2.11. The predicted octanol–water partition coefficient (Wildman–Crippen LogP) is 2.48. The fourth-order valence-corrected chi connectivity index (χ4v) is 3.65. The zero-order valence-electron chi connectivity index (χ0n) is 17.9. The number of hydrogen-bond donors (Lipinski definition) is 0. The molecule has 1 aliphatic heterocycles. The number of halogens is 3. The number of methoxy groups -OCH3 is 2. The highest BCUT2D eigenvalue weighted by molar-refractivity contribution is 5.80. The van der Waals surface area contributed by atoms with Gasteiger partial charge >= 0.3 is 12.1 Å². The highest BCUT2D eigenvalue weighted by atomic mass is 19.4. The molecule has 0 radical (unpaired) electrons. The molecule has 0 N–H and O–H groups in total. The van der Waals surface area contributed by atoms with Crippen LogP contribution < -0.4 is 15.2 Å². The highest BCUT2D eigenvalue weighted by Crippen LogP contribution is 2.32. The number of esters is 1. The number of carbonyl (C=O) groups excluding carboxylic acids is 1. The Morgan fingerprint density at radius 2 is 1.91 bits per heavy atom. The molecule has 1 saturated heterocycles. The maximum Gasteiger partial charge on any atom is 0.421 e. The van der Waals surface area contributed by atoms with E-state index in [0.717, 1.165) is 4.68 Å². The topological polar surface area (TPSA) is 82.9 Å². The fourth-order valence-electron chi connectivity index (χ4n) is 3.65. The van der Waals surface area contributed by atoms with E-state index in [-0.39, 0.29) is 31.4 Å². The van der Waals surface area contributed by atoms with Gasteiger partial charge in [-0.2, -0.15) is 18.3 Å². The number of hydrogen-bond acceptors (Lipinski definition) is 7. The van der Waals surface area contributed by atoms with Crippen molar-refractivity contribution in [2.24, 2.45) is 0 Å². The van der Waals surface area contributed by atoms with Crippen molar-refractivity contribution in [3.05, 3.63) is 51.8 Å². The van der Waals surface area contributed by atoms with E-state index in [4.69, 9.17) is 14.2 Å². The molecule has 2 atom stereocenters. The zero-order valence-corrected chi connectivity index (χ0v) is 17.9. The summed E-state index contributed by atoms with van der Waals surface area (Å²) in [6.07, 6.45) is -5.04. The van der Waals surface area contributed by atoms with Crippen LogP contribution in [-0.2, 0) is 27.0 Å². The second-order valence-electron chi connectivity index (χ2n) is 7.23.